The molecule has 0 spiro atoms. The Bertz CT molecular complexity index is 502. The number of likely N-dealkylation sites (N-methyl/N-ethyl adjacent to an activating group) is 1. The first kappa shape index (κ1) is 13.6. The summed E-state index contributed by atoms with van der Waals surface area (Å²) in [7, 11) is 0. The van der Waals surface area contributed by atoms with Gasteiger partial charge in [0, 0.05) is 18.5 Å². The first-order chi connectivity index (χ1) is 9.70. The summed E-state index contributed by atoms with van der Waals surface area (Å²) in [4.78, 5) is 13.6. The van der Waals surface area contributed by atoms with Crippen LogP contribution in [0.25, 0.3) is 0 Å². The lowest BCUT2D eigenvalue weighted by atomic mass is 9.77. The number of hydrogen-bond acceptors (Lipinski definition) is 3. The Kier molecular flexibility index (Phi) is 3.76. The fraction of sp³-hybridized carbons (Fsp3) is 0.562. The van der Waals surface area contributed by atoms with Gasteiger partial charge in [-0.25, -0.2) is 0 Å². The number of rotatable bonds is 5. The van der Waals surface area contributed by atoms with Gasteiger partial charge in [0.2, 0.25) is 0 Å². The van der Waals surface area contributed by atoms with Gasteiger partial charge in [0.1, 0.15) is 0 Å². The van der Waals surface area contributed by atoms with Crippen molar-refractivity contribution in [3.63, 3.8) is 0 Å². The minimum atomic E-state index is -0.736. The summed E-state index contributed by atoms with van der Waals surface area (Å²) in [5, 5.41) is 9.28. The maximum absolute atomic E-state index is 11.3. The standard InChI is InChI=1S/C16H21NO3/c1-2-17(15-10-20-9-14(15)16(18)19)8-12-7-11-5-3-4-6-13(11)12/h3-6,12,14-15H,2,7-10H2,1H3,(H,18,19). The normalized spacial score (nSPS) is 28.2. The Balaban J connectivity index is 1.68. The number of carbonyl (C=O) groups is 1. The third-order valence-electron chi connectivity index (χ3n) is 4.66. The SMILES string of the molecule is CCN(CC1Cc2ccccc21)C1COCC1C(=O)O. The fourth-order valence-corrected chi connectivity index (χ4v) is 3.45. The van der Waals surface area contributed by atoms with Crippen molar-refractivity contribution >= 4 is 5.97 Å². The summed E-state index contributed by atoms with van der Waals surface area (Å²) in [5.41, 5.74) is 2.86. The van der Waals surface area contributed by atoms with E-state index in [0.29, 0.717) is 19.1 Å². The third kappa shape index (κ3) is 2.34. The van der Waals surface area contributed by atoms with E-state index in [9.17, 15) is 9.90 Å². The van der Waals surface area contributed by atoms with E-state index in [1.165, 1.54) is 11.1 Å². The van der Waals surface area contributed by atoms with Crippen molar-refractivity contribution in [2.75, 3.05) is 26.3 Å². The molecule has 3 rings (SSSR count). The molecule has 1 aliphatic carbocycles. The van der Waals surface area contributed by atoms with Crippen molar-refractivity contribution < 1.29 is 14.6 Å². The van der Waals surface area contributed by atoms with Crippen LogP contribution in [-0.2, 0) is 16.0 Å². The van der Waals surface area contributed by atoms with Gasteiger partial charge in [-0.05, 0) is 24.1 Å². The molecule has 4 heteroatoms. The quantitative estimate of drug-likeness (QED) is 0.889. The maximum atomic E-state index is 11.3. The molecule has 0 aromatic heterocycles. The van der Waals surface area contributed by atoms with Gasteiger partial charge >= 0.3 is 5.97 Å². The van der Waals surface area contributed by atoms with E-state index in [4.69, 9.17) is 4.74 Å². The summed E-state index contributed by atoms with van der Waals surface area (Å²) in [6.45, 7) is 4.79. The van der Waals surface area contributed by atoms with E-state index in [1.807, 2.05) is 0 Å². The Morgan fingerprint density at radius 1 is 1.40 bits per heavy atom. The lowest BCUT2D eigenvalue weighted by Gasteiger charge is -2.37. The highest BCUT2D eigenvalue weighted by Gasteiger charge is 2.39. The lowest BCUT2D eigenvalue weighted by Crippen LogP contribution is -2.46. The van der Waals surface area contributed by atoms with E-state index < -0.39 is 5.97 Å². The van der Waals surface area contributed by atoms with Crippen molar-refractivity contribution in [1.82, 2.24) is 4.90 Å². The first-order valence-corrected chi connectivity index (χ1v) is 7.33. The molecule has 20 heavy (non-hydrogen) atoms. The molecule has 0 radical (unpaired) electrons. The largest absolute Gasteiger partial charge is 0.481 e. The molecular weight excluding hydrogens is 254 g/mol. The number of nitrogens with zero attached hydrogens (tertiary/aromatic N) is 1. The molecular formula is C16H21NO3. The third-order valence-corrected chi connectivity index (χ3v) is 4.66. The molecule has 3 unspecified atom stereocenters. The zero-order valence-electron chi connectivity index (χ0n) is 11.8. The number of carboxylic acid groups (broad SMARTS) is 1. The molecule has 1 saturated heterocycles. The highest BCUT2D eigenvalue weighted by Crippen LogP contribution is 2.36. The van der Waals surface area contributed by atoms with Crippen molar-refractivity contribution in [2.45, 2.75) is 25.3 Å². The van der Waals surface area contributed by atoms with Crippen LogP contribution in [0.5, 0.6) is 0 Å². The molecule has 2 aliphatic rings. The second kappa shape index (κ2) is 5.54. The van der Waals surface area contributed by atoms with Gasteiger partial charge < -0.3 is 9.84 Å². The van der Waals surface area contributed by atoms with Gasteiger partial charge in [-0.3, -0.25) is 9.69 Å². The molecule has 1 aromatic rings. The second-order valence-corrected chi connectivity index (χ2v) is 5.74. The van der Waals surface area contributed by atoms with Gasteiger partial charge in [-0.15, -0.1) is 0 Å². The average Bonchev–Trinajstić information content (AvgIpc) is 2.89. The molecule has 4 nitrogen and oxygen atoms in total. The number of benzene rings is 1. The van der Waals surface area contributed by atoms with Crippen LogP contribution in [0.1, 0.15) is 24.0 Å². The Labute approximate surface area is 119 Å². The van der Waals surface area contributed by atoms with Crippen LogP contribution in [0.15, 0.2) is 24.3 Å². The Morgan fingerprint density at radius 3 is 2.90 bits per heavy atom. The highest BCUT2D eigenvalue weighted by molar-refractivity contribution is 5.71. The maximum Gasteiger partial charge on any atom is 0.310 e. The van der Waals surface area contributed by atoms with Gasteiger partial charge in [0.25, 0.3) is 0 Å². The van der Waals surface area contributed by atoms with Gasteiger partial charge in [-0.2, -0.15) is 0 Å². The Morgan fingerprint density at radius 2 is 2.20 bits per heavy atom. The number of hydrogen-bond donors (Lipinski definition) is 1. The van der Waals surface area contributed by atoms with Crippen molar-refractivity contribution in [3.05, 3.63) is 35.4 Å². The molecule has 1 N–H and O–H groups in total. The van der Waals surface area contributed by atoms with Crippen LogP contribution in [0.2, 0.25) is 0 Å². The van der Waals surface area contributed by atoms with Crippen LogP contribution in [0, 0.1) is 5.92 Å². The van der Waals surface area contributed by atoms with E-state index in [2.05, 4.69) is 36.1 Å². The molecule has 1 aromatic carbocycles. The molecule has 1 aliphatic heterocycles. The van der Waals surface area contributed by atoms with E-state index in [-0.39, 0.29) is 12.0 Å². The first-order valence-electron chi connectivity index (χ1n) is 7.33. The van der Waals surface area contributed by atoms with Crippen LogP contribution in [-0.4, -0.2) is 48.3 Å². The van der Waals surface area contributed by atoms with Crippen LogP contribution < -0.4 is 0 Å². The predicted octanol–water partition coefficient (Wildman–Crippen LogP) is 1.75. The minimum Gasteiger partial charge on any atom is -0.481 e. The Hall–Kier alpha value is -1.39. The van der Waals surface area contributed by atoms with Crippen LogP contribution in [0.3, 0.4) is 0 Å². The average molecular weight is 275 g/mol. The molecule has 1 fully saturated rings. The van der Waals surface area contributed by atoms with E-state index >= 15 is 0 Å². The van der Waals surface area contributed by atoms with Gasteiger partial charge in [0.05, 0.1) is 19.1 Å². The van der Waals surface area contributed by atoms with Crippen molar-refractivity contribution in [1.29, 1.82) is 0 Å². The van der Waals surface area contributed by atoms with Crippen molar-refractivity contribution in [2.24, 2.45) is 5.92 Å². The number of aliphatic carboxylic acids is 1. The molecule has 0 bridgehead atoms. The molecule has 3 atom stereocenters. The second-order valence-electron chi connectivity index (χ2n) is 5.74. The zero-order chi connectivity index (χ0) is 14.1. The smallest absolute Gasteiger partial charge is 0.310 e. The van der Waals surface area contributed by atoms with Crippen LogP contribution >= 0.6 is 0 Å². The van der Waals surface area contributed by atoms with Crippen LogP contribution in [0.4, 0.5) is 0 Å². The van der Waals surface area contributed by atoms with E-state index in [0.717, 1.165) is 19.5 Å². The molecule has 108 valence electrons. The monoisotopic (exact) mass is 275 g/mol. The summed E-state index contributed by atoms with van der Waals surface area (Å²) >= 11 is 0. The topological polar surface area (TPSA) is 49.8 Å². The predicted molar refractivity (Wildman–Crippen MR) is 75.9 cm³/mol. The summed E-state index contributed by atoms with van der Waals surface area (Å²) in [6.07, 6.45) is 1.11. The number of ether oxygens (including phenoxy) is 1. The molecule has 0 amide bonds. The van der Waals surface area contributed by atoms with Gasteiger partial charge in [-0.1, -0.05) is 31.2 Å². The number of fused-ring (bicyclic) bond motifs is 1. The molecule has 0 saturated carbocycles. The zero-order valence-corrected chi connectivity index (χ0v) is 11.8. The number of carboxylic acids is 1. The van der Waals surface area contributed by atoms with E-state index in [1.54, 1.807) is 0 Å². The minimum absolute atomic E-state index is 0.0188. The van der Waals surface area contributed by atoms with Gasteiger partial charge in [0.15, 0.2) is 0 Å². The lowest BCUT2D eigenvalue weighted by molar-refractivity contribution is -0.143. The molecule has 1 heterocycles. The summed E-state index contributed by atoms with van der Waals surface area (Å²) in [6, 6.07) is 8.56. The van der Waals surface area contributed by atoms with Crippen molar-refractivity contribution in [3.8, 4) is 0 Å². The summed E-state index contributed by atoms with van der Waals surface area (Å²) < 4.78 is 5.39. The fourth-order valence-electron chi connectivity index (χ4n) is 3.45. The summed E-state index contributed by atoms with van der Waals surface area (Å²) in [5.74, 6) is -0.577. The highest BCUT2D eigenvalue weighted by atomic mass is 16.5.